The molecule has 0 radical (unpaired) electrons. The number of fused-ring (bicyclic) bond motifs is 2. The summed E-state index contributed by atoms with van der Waals surface area (Å²) < 4.78 is 5.23. The van der Waals surface area contributed by atoms with E-state index in [1.165, 1.54) is 11.1 Å². The molecule has 2 aliphatic rings. The predicted octanol–water partition coefficient (Wildman–Crippen LogP) is 1.40. The second-order valence-electron chi connectivity index (χ2n) is 4.76. The zero-order valence-corrected chi connectivity index (χ0v) is 9.38. The molecule has 1 unspecified atom stereocenters. The van der Waals surface area contributed by atoms with Gasteiger partial charge in [0.1, 0.15) is 5.75 Å². The van der Waals surface area contributed by atoms with Gasteiger partial charge in [0.05, 0.1) is 7.11 Å². The van der Waals surface area contributed by atoms with Crippen molar-refractivity contribution >= 4 is 5.91 Å². The molecule has 1 saturated heterocycles. The Hall–Kier alpha value is -1.51. The van der Waals surface area contributed by atoms with Gasteiger partial charge in [-0.2, -0.15) is 0 Å². The summed E-state index contributed by atoms with van der Waals surface area (Å²) in [5.74, 6) is 1.09. The van der Waals surface area contributed by atoms with E-state index < -0.39 is 0 Å². The summed E-state index contributed by atoms with van der Waals surface area (Å²) in [5, 5.41) is 2.95. The fourth-order valence-electron chi connectivity index (χ4n) is 3.00. The number of carbonyl (C=O) groups is 1. The third kappa shape index (κ3) is 1.24. The molecule has 1 spiro atoms. The van der Waals surface area contributed by atoms with Gasteiger partial charge in [0, 0.05) is 18.4 Å². The second-order valence-corrected chi connectivity index (χ2v) is 4.76. The van der Waals surface area contributed by atoms with Gasteiger partial charge in [-0.05, 0) is 36.1 Å². The summed E-state index contributed by atoms with van der Waals surface area (Å²) in [5.41, 5.74) is 2.75. The molecule has 84 valence electrons. The highest BCUT2D eigenvalue weighted by molar-refractivity contribution is 5.81. The van der Waals surface area contributed by atoms with E-state index in [0.29, 0.717) is 6.42 Å². The van der Waals surface area contributed by atoms with Crippen LogP contribution in [0.25, 0.3) is 0 Å². The molecule has 3 heteroatoms. The molecule has 1 fully saturated rings. The first-order chi connectivity index (χ1) is 7.73. The number of aryl methyl sites for hydroxylation is 1. The van der Waals surface area contributed by atoms with E-state index in [1.54, 1.807) is 7.11 Å². The zero-order valence-electron chi connectivity index (χ0n) is 9.38. The quantitative estimate of drug-likeness (QED) is 0.772. The summed E-state index contributed by atoms with van der Waals surface area (Å²) >= 11 is 0. The number of hydrogen-bond acceptors (Lipinski definition) is 2. The number of methoxy groups -OCH3 is 1. The van der Waals surface area contributed by atoms with Crippen LogP contribution in [0.2, 0.25) is 0 Å². The maximum Gasteiger partial charge on any atom is 0.220 e. The Morgan fingerprint density at radius 2 is 2.31 bits per heavy atom. The van der Waals surface area contributed by atoms with E-state index in [2.05, 4.69) is 17.4 Å². The van der Waals surface area contributed by atoms with Crippen molar-refractivity contribution in [2.45, 2.75) is 24.7 Å². The normalized spacial score (nSPS) is 26.9. The fourth-order valence-corrected chi connectivity index (χ4v) is 3.00. The zero-order chi connectivity index (χ0) is 11.2. The lowest BCUT2D eigenvalue weighted by Crippen LogP contribution is -2.25. The van der Waals surface area contributed by atoms with Gasteiger partial charge in [0.25, 0.3) is 0 Å². The lowest BCUT2D eigenvalue weighted by atomic mass is 9.81. The Morgan fingerprint density at radius 3 is 3.00 bits per heavy atom. The van der Waals surface area contributed by atoms with Crippen molar-refractivity contribution in [3.63, 3.8) is 0 Å². The molecular weight excluding hydrogens is 202 g/mol. The summed E-state index contributed by atoms with van der Waals surface area (Å²) in [6.45, 7) is 0.797. The van der Waals surface area contributed by atoms with E-state index in [9.17, 15) is 4.79 Å². The maximum absolute atomic E-state index is 11.4. The minimum Gasteiger partial charge on any atom is -0.497 e. The number of benzene rings is 1. The lowest BCUT2D eigenvalue weighted by Gasteiger charge is -2.22. The molecule has 1 atom stereocenters. The van der Waals surface area contributed by atoms with Crippen LogP contribution in [0.1, 0.15) is 24.0 Å². The first kappa shape index (κ1) is 9.70. The van der Waals surface area contributed by atoms with Crippen molar-refractivity contribution in [3.05, 3.63) is 29.3 Å². The van der Waals surface area contributed by atoms with Crippen LogP contribution in [-0.2, 0) is 16.6 Å². The van der Waals surface area contributed by atoms with E-state index in [1.807, 2.05) is 6.07 Å². The van der Waals surface area contributed by atoms with Crippen molar-refractivity contribution in [1.29, 1.82) is 0 Å². The van der Waals surface area contributed by atoms with Crippen molar-refractivity contribution in [2.24, 2.45) is 0 Å². The molecule has 1 aliphatic heterocycles. The molecule has 1 aliphatic carbocycles. The van der Waals surface area contributed by atoms with Gasteiger partial charge in [-0.25, -0.2) is 0 Å². The van der Waals surface area contributed by atoms with Gasteiger partial charge in [-0.15, -0.1) is 0 Å². The van der Waals surface area contributed by atoms with Crippen LogP contribution >= 0.6 is 0 Å². The van der Waals surface area contributed by atoms with Crippen LogP contribution in [-0.4, -0.2) is 19.6 Å². The van der Waals surface area contributed by atoms with Gasteiger partial charge in [0.15, 0.2) is 0 Å². The van der Waals surface area contributed by atoms with Gasteiger partial charge < -0.3 is 10.1 Å². The van der Waals surface area contributed by atoms with Gasteiger partial charge in [-0.3, -0.25) is 4.79 Å². The molecular formula is C13H15NO2. The molecule has 0 saturated carbocycles. The van der Waals surface area contributed by atoms with Crippen LogP contribution < -0.4 is 10.1 Å². The molecule has 3 rings (SSSR count). The number of carbonyl (C=O) groups excluding carboxylic acids is 1. The van der Waals surface area contributed by atoms with E-state index in [-0.39, 0.29) is 11.3 Å². The van der Waals surface area contributed by atoms with Crippen molar-refractivity contribution in [2.75, 3.05) is 13.7 Å². The second kappa shape index (κ2) is 3.24. The molecule has 1 amide bonds. The summed E-state index contributed by atoms with van der Waals surface area (Å²) in [7, 11) is 1.69. The average molecular weight is 217 g/mol. The Balaban J connectivity index is 2.03. The summed E-state index contributed by atoms with van der Waals surface area (Å²) in [6.07, 6.45) is 2.78. The number of amides is 1. The SMILES string of the molecule is COc1ccc2c(c1)CCC21CNC(=O)C1. The fraction of sp³-hybridized carbons (Fsp3) is 0.462. The molecule has 0 bridgehead atoms. The molecule has 1 aromatic carbocycles. The molecule has 3 nitrogen and oxygen atoms in total. The van der Waals surface area contributed by atoms with Crippen LogP contribution in [0.3, 0.4) is 0 Å². The van der Waals surface area contributed by atoms with Crippen LogP contribution in [0.4, 0.5) is 0 Å². The molecule has 1 heterocycles. The number of rotatable bonds is 1. The third-order valence-electron chi connectivity index (χ3n) is 3.88. The van der Waals surface area contributed by atoms with Gasteiger partial charge >= 0.3 is 0 Å². The van der Waals surface area contributed by atoms with Crippen LogP contribution in [0, 0.1) is 0 Å². The molecule has 0 aromatic heterocycles. The van der Waals surface area contributed by atoms with Crippen molar-refractivity contribution in [1.82, 2.24) is 5.32 Å². The first-order valence-electron chi connectivity index (χ1n) is 5.68. The summed E-state index contributed by atoms with van der Waals surface area (Å²) in [4.78, 5) is 11.4. The van der Waals surface area contributed by atoms with E-state index in [4.69, 9.17) is 4.74 Å². The largest absolute Gasteiger partial charge is 0.497 e. The minimum absolute atomic E-state index is 0.0681. The Kier molecular flexibility index (Phi) is 1.96. The highest BCUT2D eigenvalue weighted by atomic mass is 16.5. The average Bonchev–Trinajstić information content (AvgIpc) is 2.85. The molecule has 1 N–H and O–H groups in total. The Labute approximate surface area is 94.8 Å². The standard InChI is InChI=1S/C13H15NO2/c1-16-10-2-3-11-9(6-10)4-5-13(11)7-12(15)14-8-13/h2-3,6H,4-5,7-8H2,1H3,(H,14,15). The number of ether oxygens (including phenoxy) is 1. The number of hydrogen-bond donors (Lipinski definition) is 1. The lowest BCUT2D eigenvalue weighted by molar-refractivity contribution is -0.119. The third-order valence-corrected chi connectivity index (χ3v) is 3.88. The Morgan fingerprint density at radius 1 is 1.44 bits per heavy atom. The summed E-state index contributed by atoms with van der Waals surface area (Å²) in [6, 6.07) is 6.23. The molecule has 1 aromatic rings. The van der Waals surface area contributed by atoms with Crippen LogP contribution in [0.15, 0.2) is 18.2 Å². The first-order valence-corrected chi connectivity index (χ1v) is 5.68. The Bertz CT molecular complexity index is 455. The predicted molar refractivity (Wildman–Crippen MR) is 60.6 cm³/mol. The smallest absolute Gasteiger partial charge is 0.220 e. The number of nitrogens with one attached hydrogen (secondary N) is 1. The highest BCUT2D eigenvalue weighted by Crippen LogP contribution is 2.44. The monoisotopic (exact) mass is 217 g/mol. The van der Waals surface area contributed by atoms with E-state index in [0.717, 1.165) is 25.1 Å². The highest BCUT2D eigenvalue weighted by Gasteiger charge is 2.44. The topological polar surface area (TPSA) is 38.3 Å². The van der Waals surface area contributed by atoms with Gasteiger partial charge in [-0.1, -0.05) is 6.07 Å². The minimum atomic E-state index is 0.0681. The van der Waals surface area contributed by atoms with E-state index >= 15 is 0 Å². The van der Waals surface area contributed by atoms with Crippen molar-refractivity contribution in [3.8, 4) is 5.75 Å². The van der Waals surface area contributed by atoms with Crippen LogP contribution in [0.5, 0.6) is 5.75 Å². The maximum atomic E-state index is 11.4. The van der Waals surface area contributed by atoms with Gasteiger partial charge in [0.2, 0.25) is 5.91 Å². The van der Waals surface area contributed by atoms with Crippen molar-refractivity contribution < 1.29 is 9.53 Å². The molecule has 16 heavy (non-hydrogen) atoms.